The van der Waals surface area contributed by atoms with E-state index in [2.05, 4.69) is 201 Å². The number of fused-ring (bicyclic) bond motifs is 13. The highest BCUT2D eigenvalue weighted by atomic mass is 15.1. The van der Waals surface area contributed by atoms with Crippen LogP contribution in [0.25, 0.3) is 44.5 Å². The fraction of sp³-hybridized carbons (Fsp3) is 0.0769. The van der Waals surface area contributed by atoms with E-state index in [0.29, 0.717) is 0 Å². The van der Waals surface area contributed by atoms with Gasteiger partial charge in [-0.3, -0.25) is 0 Å². The zero-order valence-corrected chi connectivity index (χ0v) is 29.7. The molecule has 0 heterocycles. The molecule has 0 saturated heterocycles. The highest BCUT2D eigenvalue weighted by molar-refractivity contribution is 5.96. The lowest BCUT2D eigenvalue weighted by Gasteiger charge is -2.32. The van der Waals surface area contributed by atoms with Gasteiger partial charge >= 0.3 is 0 Å². The number of hydrogen-bond donors (Lipinski definition) is 0. The molecule has 11 rings (SSSR count). The van der Waals surface area contributed by atoms with Crippen LogP contribution in [0.1, 0.15) is 47.2 Å². The Morgan fingerprint density at radius 2 is 0.981 bits per heavy atom. The third-order valence-electron chi connectivity index (χ3n) is 12.1. The van der Waals surface area contributed by atoms with Crippen molar-refractivity contribution in [3.8, 4) is 44.5 Å². The molecule has 8 aromatic carbocycles. The van der Waals surface area contributed by atoms with Crippen LogP contribution in [0.2, 0.25) is 0 Å². The van der Waals surface area contributed by atoms with Gasteiger partial charge in [0.1, 0.15) is 0 Å². The molecule has 0 saturated carbocycles. The largest absolute Gasteiger partial charge is 0.310 e. The molecule has 1 unspecified atom stereocenters. The summed E-state index contributed by atoms with van der Waals surface area (Å²) in [6, 6.07) is 71.9. The van der Waals surface area contributed by atoms with Crippen LogP contribution in [0, 0.1) is 12.1 Å². The Labute approximate surface area is 311 Å². The molecule has 1 atom stereocenters. The van der Waals surface area contributed by atoms with Gasteiger partial charge in [0.2, 0.25) is 0 Å². The van der Waals surface area contributed by atoms with Crippen molar-refractivity contribution in [3.05, 3.63) is 221 Å². The van der Waals surface area contributed by atoms with Gasteiger partial charge in [0.05, 0.1) is 5.41 Å². The lowest BCUT2D eigenvalue weighted by molar-refractivity contribution is 0.660. The van der Waals surface area contributed by atoms with E-state index >= 15 is 0 Å². The third-order valence-corrected chi connectivity index (χ3v) is 12.1. The first kappa shape index (κ1) is 30.0. The van der Waals surface area contributed by atoms with Gasteiger partial charge in [-0.15, -0.1) is 0 Å². The van der Waals surface area contributed by atoms with E-state index in [-0.39, 0.29) is 5.41 Å². The second-order valence-electron chi connectivity index (χ2n) is 15.1. The van der Waals surface area contributed by atoms with Gasteiger partial charge in [-0.2, -0.15) is 0 Å². The van der Waals surface area contributed by atoms with Crippen LogP contribution >= 0.6 is 0 Å². The van der Waals surface area contributed by atoms with E-state index in [1.807, 2.05) is 6.07 Å². The van der Waals surface area contributed by atoms with Gasteiger partial charge in [-0.1, -0.05) is 153 Å². The van der Waals surface area contributed by atoms with Crippen molar-refractivity contribution in [1.82, 2.24) is 0 Å². The first-order valence-corrected chi connectivity index (χ1v) is 18.5. The number of nitrogens with zero attached hydrogens (tertiary/aromatic N) is 1. The Kier molecular flexibility index (Phi) is 6.20. The maximum absolute atomic E-state index is 3.53. The minimum absolute atomic E-state index is 0.0635. The van der Waals surface area contributed by atoms with E-state index in [1.54, 1.807) is 0 Å². The van der Waals surface area contributed by atoms with Crippen LogP contribution < -0.4 is 4.90 Å². The molecule has 1 heteroatoms. The Morgan fingerprint density at radius 1 is 0.396 bits per heavy atom. The molecule has 0 fully saturated rings. The molecule has 1 spiro atoms. The predicted octanol–water partition coefficient (Wildman–Crippen LogP) is 13.1. The highest BCUT2D eigenvalue weighted by Gasteiger charge is 2.52. The van der Waals surface area contributed by atoms with E-state index in [4.69, 9.17) is 0 Å². The van der Waals surface area contributed by atoms with Crippen molar-refractivity contribution in [2.45, 2.75) is 24.7 Å². The second-order valence-corrected chi connectivity index (χ2v) is 15.1. The lowest BCUT2D eigenvalue weighted by Crippen LogP contribution is -2.26. The van der Waals surface area contributed by atoms with Crippen LogP contribution in [0.3, 0.4) is 0 Å². The van der Waals surface area contributed by atoms with Gasteiger partial charge in [0, 0.05) is 28.0 Å². The summed E-state index contributed by atoms with van der Waals surface area (Å²) in [6.45, 7) is 4.70. The maximum Gasteiger partial charge on any atom is 0.0733 e. The first-order valence-electron chi connectivity index (χ1n) is 18.5. The van der Waals surface area contributed by atoms with Crippen molar-refractivity contribution in [3.63, 3.8) is 0 Å². The van der Waals surface area contributed by atoms with E-state index < -0.39 is 5.41 Å². The number of benzene rings is 7. The molecule has 3 aliphatic rings. The molecule has 53 heavy (non-hydrogen) atoms. The molecule has 0 aliphatic heterocycles. The standard InChI is InChI=1S/C52H35N/c1-51(2)45-23-10-6-22-42(45)44-32-37(28-30-46(44)51)53(36-18-14-17-35(31-36)34-15-4-3-5-16-34)38-27-29-43-41-21-9-13-26-49(41)52(50(43)33-38)47-24-11-7-19-39(47)40-20-8-12-25-48(40)52/h3-7,9-19,21-33H,1-2H3. The average molecular weight is 674 g/mol. The number of rotatable bonds is 4. The normalized spacial score (nSPS) is 14.4. The summed E-state index contributed by atoms with van der Waals surface area (Å²) >= 11 is 0. The number of hydrogen-bond acceptors (Lipinski definition) is 1. The summed E-state index contributed by atoms with van der Waals surface area (Å²) < 4.78 is 0. The minimum Gasteiger partial charge on any atom is -0.310 e. The van der Waals surface area contributed by atoms with Gasteiger partial charge in [0.25, 0.3) is 0 Å². The van der Waals surface area contributed by atoms with E-state index in [0.717, 1.165) is 22.6 Å². The molecule has 0 aromatic heterocycles. The average Bonchev–Trinajstić information content (AvgIpc) is 3.77. The van der Waals surface area contributed by atoms with Crippen molar-refractivity contribution in [2.24, 2.45) is 0 Å². The van der Waals surface area contributed by atoms with Gasteiger partial charge in [0.15, 0.2) is 0 Å². The van der Waals surface area contributed by atoms with Crippen molar-refractivity contribution >= 4 is 17.1 Å². The molecular weight excluding hydrogens is 639 g/mol. The summed E-state index contributed by atoms with van der Waals surface area (Å²) in [5, 5.41) is 0. The quantitative estimate of drug-likeness (QED) is 0.180. The van der Waals surface area contributed by atoms with Crippen LogP contribution in [0.15, 0.2) is 176 Å². The van der Waals surface area contributed by atoms with Crippen molar-refractivity contribution < 1.29 is 0 Å². The topological polar surface area (TPSA) is 3.24 Å². The van der Waals surface area contributed by atoms with Gasteiger partial charge < -0.3 is 4.90 Å². The summed E-state index contributed by atoms with van der Waals surface area (Å²) in [7, 11) is 0. The van der Waals surface area contributed by atoms with Crippen LogP contribution in [0.4, 0.5) is 17.1 Å². The molecule has 1 nitrogen and oxygen atoms in total. The zero-order valence-electron chi connectivity index (χ0n) is 29.7. The summed E-state index contributed by atoms with van der Waals surface area (Å²) in [4.78, 5) is 2.46. The Bertz CT molecular complexity index is 2710. The van der Waals surface area contributed by atoms with Crippen LogP contribution in [-0.4, -0.2) is 0 Å². The Balaban J connectivity index is 1.18. The molecule has 8 aromatic rings. The summed E-state index contributed by atoms with van der Waals surface area (Å²) in [5.74, 6) is 0. The van der Waals surface area contributed by atoms with Gasteiger partial charge in [-0.05, 0) is 121 Å². The van der Waals surface area contributed by atoms with E-state index in [9.17, 15) is 0 Å². The van der Waals surface area contributed by atoms with Crippen LogP contribution in [0.5, 0.6) is 0 Å². The van der Waals surface area contributed by atoms with Crippen molar-refractivity contribution in [2.75, 3.05) is 4.90 Å². The van der Waals surface area contributed by atoms with Crippen LogP contribution in [-0.2, 0) is 10.8 Å². The summed E-state index contributed by atoms with van der Waals surface area (Å²) in [6.07, 6.45) is 0. The smallest absolute Gasteiger partial charge is 0.0733 e. The maximum atomic E-state index is 3.53. The number of anilines is 3. The second kappa shape index (κ2) is 10.9. The minimum atomic E-state index is -0.460. The highest BCUT2D eigenvalue weighted by Crippen LogP contribution is 2.63. The fourth-order valence-electron chi connectivity index (χ4n) is 9.82. The van der Waals surface area contributed by atoms with E-state index in [1.165, 1.54) is 72.3 Å². The van der Waals surface area contributed by atoms with Crippen molar-refractivity contribution in [1.29, 1.82) is 0 Å². The molecule has 248 valence electrons. The molecule has 0 bridgehead atoms. The first-order chi connectivity index (χ1) is 26.0. The third kappa shape index (κ3) is 4.04. The fourth-order valence-corrected chi connectivity index (χ4v) is 9.82. The molecule has 0 radical (unpaired) electrons. The monoisotopic (exact) mass is 673 g/mol. The molecule has 3 aliphatic carbocycles. The zero-order chi connectivity index (χ0) is 35.3. The molecule has 0 amide bonds. The molecule has 0 N–H and O–H groups in total. The molecular formula is C52H35N. The Morgan fingerprint density at radius 3 is 1.79 bits per heavy atom. The lowest BCUT2D eigenvalue weighted by atomic mass is 9.70. The predicted molar refractivity (Wildman–Crippen MR) is 218 cm³/mol. The van der Waals surface area contributed by atoms with Gasteiger partial charge in [-0.25, -0.2) is 0 Å². The summed E-state index contributed by atoms with van der Waals surface area (Å²) in [5.41, 5.74) is 20.8. The Hall–Kier alpha value is -6.62. The SMILES string of the molecule is CC1(C)c2ccccc2-c2cc(N(c3cccc(-c4ccccc4)c3)c3ccc4c(c3)C3(c5ccc#cc5-c5ccccc53)c3ccccc3-4)ccc21.